The van der Waals surface area contributed by atoms with Crippen LogP contribution in [0.15, 0.2) is 17.0 Å². The van der Waals surface area contributed by atoms with Gasteiger partial charge in [0.1, 0.15) is 16.5 Å². The molecule has 1 N–H and O–H groups in total. The van der Waals surface area contributed by atoms with E-state index in [0.717, 1.165) is 18.4 Å². The van der Waals surface area contributed by atoms with Gasteiger partial charge >= 0.3 is 5.97 Å². The first kappa shape index (κ1) is 14.8. The zero-order valence-electron chi connectivity index (χ0n) is 11.1. The molecule has 110 valence electrons. The summed E-state index contributed by atoms with van der Waals surface area (Å²) in [5, 5.41) is 9.41. The third-order valence-electron chi connectivity index (χ3n) is 3.76. The lowest BCUT2D eigenvalue weighted by Gasteiger charge is -2.39. The van der Waals surface area contributed by atoms with Gasteiger partial charge in [-0.25, -0.2) is 12.8 Å². The normalized spacial score (nSPS) is 17.4. The predicted octanol–water partition coefficient (Wildman–Crippen LogP) is 1.74. The molecule has 1 aromatic carbocycles. The third-order valence-corrected chi connectivity index (χ3v) is 4.86. The Hall–Kier alpha value is -1.63. The van der Waals surface area contributed by atoms with Crippen LogP contribution in [0.5, 0.6) is 5.75 Å². The topological polar surface area (TPSA) is 80.7 Å². The van der Waals surface area contributed by atoms with E-state index >= 15 is 0 Å². The van der Waals surface area contributed by atoms with E-state index in [1.165, 1.54) is 7.11 Å². The van der Waals surface area contributed by atoms with Crippen molar-refractivity contribution in [2.75, 3.05) is 13.4 Å². The van der Waals surface area contributed by atoms with Gasteiger partial charge in [-0.3, -0.25) is 4.79 Å². The van der Waals surface area contributed by atoms with Crippen LogP contribution in [-0.2, 0) is 20.0 Å². The highest BCUT2D eigenvalue weighted by molar-refractivity contribution is 7.90. The van der Waals surface area contributed by atoms with Crippen molar-refractivity contribution in [1.82, 2.24) is 0 Å². The van der Waals surface area contributed by atoms with E-state index in [0.29, 0.717) is 19.3 Å². The number of hydrogen-bond donors (Lipinski definition) is 1. The monoisotopic (exact) mass is 302 g/mol. The second-order valence-electron chi connectivity index (χ2n) is 5.00. The molecule has 2 rings (SSSR count). The minimum atomic E-state index is -3.72. The minimum absolute atomic E-state index is 0.0731. The van der Waals surface area contributed by atoms with Crippen molar-refractivity contribution >= 4 is 15.8 Å². The van der Waals surface area contributed by atoms with Crippen LogP contribution in [0, 0.1) is 5.82 Å². The SMILES string of the molecule is COc1c(C2(C(=O)O)CCC2)cc(F)cc1S(C)(=O)=O. The van der Waals surface area contributed by atoms with Gasteiger partial charge in [-0.2, -0.15) is 0 Å². The summed E-state index contributed by atoms with van der Waals surface area (Å²) in [5.41, 5.74) is -1.16. The van der Waals surface area contributed by atoms with E-state index in [2.05, 4.69) is 0 Å². The number of rotatable bonds is 4. The molecular weight excluding hydrogens is 287 g/mol. The fourth-order valence-corrected chi connectivity index (χ4v) is 3.40. The molecule has 0 amide bonds. The summed E-state index contributed by atoms with van der Waals surface area (Å²) in [5.74, 6) is -1.95. The van der Waals surface area contributed by atoms with Gasteiger partial charge in [-0.05, 0) is 25.0 Å². The summed E-state index contributed by atoms with van der Waals surface area (Å²) >= 11 is 0. The summed E-state index contributed by atoms with van der Waals surface area (Å²) < 4.78 is 42.2. The molecule has 0 heterocycles. The number of carboxylic acids is 1. The van der Waals surface area contributed by atoms with Gasteiger partial charge in [0, 0.05) is 11.8 Å². The maximum Gasteiger partial charge on any atom is 0.314 e. The van der Waals surface area contributed by atoms with Crippen molar-refractivity contribution in [2.45, 2.75) is 29.6 Å². The number of sulfone groups is 1. The Morgan fingerprint density at radius 2 is 2.00 bits per heavy atom. The standard InChI is InChI=1S/C13H15FO5S/c1-19-11-9(13(12(15)16)4-3-5-13)6-8(14)7-10(11)20(2,17)18/h6-7H,3-5H2,1-2H3,(H,15,16). The Bertz CT molecular complexity index is 662. The van der Waals surface area contributed by atoms with Crippen LogP contribution in [0.25, 0.3) is 0 Å². The molecule has 0 aliphatic heterocycles. The molecule has 1 aliphatic rings. The van der Waals surface area contributed by atoms with Gasteiger partial charge in [-0.15, -0.1) is 0 Å². The van der Waals surface area contributed by atoms with Crippen LogP contribution in [0.3, 0.4) is 0 Å². The molecule has 0 radical (unpaired) electrons. The summed E-state index contributed by atoms with van der Waals surface area (Å²) in [6, 6.07) is 1.91. The van der Waals surface area contributed by atoms with Crippen LogP contribution in [0.2, 0.25) is 0 Å². The van der Waals surface area contributed by atoms with Crippen molar-refractivity contribution in [2.24, 2.45) is 0 Å². The number of halogens is 1. The summed E-state index contributed by atoms with van der Waals surface area (Å²) in [6.07, 6.45) is 2.30. The lowest BCUT2D eigenvalue weighted by molar-refractivity contribution is -0.147. The Balaban J connectivity index is 2.77. The van der Waals surface area contributed by atoms with E-state index in [1.807, 2.05) is 0 Å². The van der Waals surface area contributed by atoms with E-state index in [9.17, 15) is 22.7 Å². The molecule has 7 heteroatoms. The average Bonchev–Trinajstić information content (AvgIpc) is 2.25. The van der Waals surface area contributed by atoms with Crippen LogP contribution in [0.4, 0.5) is 4.39 Å². The smallest absolute Gasteiger partial charge is 0.314 e. The first-order chi connectivity index (χ1) is 9.22. The maximum absolute atomic E-state index is 13.7. The molecule has 1 fully saturated rings. The molecule has 5 nitrogen and oxygen atoms in total. The molecule has 0 atom stereocenters. The number of hydrogen-bond acceptors (Lipinski definition) is 4. The van der Waals surface area contributed by atoms with E-state index in [1.54, 1.807) is 0 Å². The lowest BCUT2D eigenvalue weighted by Crippen LogP contribution is -2.42. The van der Waals surface area contributed by atoms with Gasteiger partial charge in [0.2, 0.25) is 0 Å². The number of carbonyl (C=O) groups is 1. The van der Waals surface area contributed by atoms with E-state index in [-0.39, 0.29) is 16.2 Å². The van der Waals surface area contributed by atoms with Crippen LogP contribution in [0.1, 0.15) is 24.8 Å². The molecule has 0 spiro atoms. The molecule has 20 heavy (non-hydrogen) atoms. The Labute approximate surface area is 116 Å². The first-order valence-corrected chi connectivity index (χ1v) is 7.93. The van der Waals surface area contributed by atoms with E-state index < -0.39 is 27.0 Å². The highest BCUT2D eigenvalue weighted by Gasteiger charge is 2.48. The van der Waals surface area contributed by atoms with Gasteiger partial charge in [0.15, 0.2) is 9.84 Å². The highest BCUT2D eigenvalue weighted by Crippen LogP contribution is 2.49. The Morgan fingerprint density at radius 3 is 2.35 bits per heavy atom. The molecule has 1 aromatic rings. The second-order valence-corrected chi connectivity index (χ2v) is 6.98. The molecule has 1 saturated carbocycles. The quantitative estimate of drug-likeness (QED) is 0.916. The highest BCUT2D eigenvalue weighted by atomic mass is 32.2. The number of carboxylic acid groups (broad SMARTS) is 1. The maximum atomic E-state index is 13.7. The van der Waals surface area contributed by atoms with Gasteiger partial charge in [0.05, 0.1) is 12.5 Å². The molecule has 1 aliphatic carbocycles. The fourth-order valence-electron chi connectivity index (χ4n) is 2.54. The number of ether oxygens (including phenoxy) is 1. The molecule has 0 bridgehead atoms. The predicted molar refractivity (Wildman–Crippen MR) is 69.2 cm³/mol. The molecule has 0 unspecified atom stereocenters. The zero-order chi connectivity index (χ0) is 15.1. The number of methoxy groups -OCH3 is 1. The fraction of sp³-hybridized carbons (Fsp3) is 0.462. The zero-order valence-corrected chi connectivity index (χ0v) is 12.0. The minimum Gasteiger partial charge on any atom is -0.495 e. The second kappa shape index (κ2) is 4.73. The van der Waals surface area contributed by atoms with Gasteiger partial charge < -0.3 is 9.84 Å². The summed E-state index contributed by atoms with van der Waals surface area (Å²) in [6.45, 7) is 0. The number of benzene rings is 1. The van der Waals surface area contributed by atoms with Gasteiger partial charge in [0.25, 0.3) is 0 Å². The Morgan fingerprint density at radius 1 is 1.40 bits per heavy atom. The average molecular weight is 302 g/mol. The van der Waals surface area contributed by atoms with Crippen molar-refractivity contribution in [3.05, 3.63) is 23.5 Å². The van der Waals surface area contributed by atoms with Crippen LogP contribution in [-0.4, -0.2) is 32.9 Å². The van der Waals surface area contributed by atoms with Crippen molar-refractivity contribution in [3.63, 3.8) is 0 Å². The largest absolute Gasteiger partial charge is 0.495 e. The summed E-state index contributed by atoms with van der Waals surface area (Å²) in [7, 11) is -2.47. The van der Waals surface area contributed by atoms with E-state index in [4.69, 9.17) is 4.74 Å². The van der Waals surface area contributed by atoms with Crippen molar-refractivity contribution in [3.8, 4) is 5.75 Å². The van der Waals surface area contributed by atoms with Crippen LogP contribution < -0.4 is 4.74 Å². The first-order valence-electron chi connectivity index (χ1n) is 6.04. The Kier molecular flexibility index (Phi) is 3.49. The van der Waals surface area contributed by atoms with Crippen molar-refractivity contribution in [1.29, 1.82) is 0 Å². The van der Waals surface area contributed by atoms with Crippen LogP contribution >= 0.6 is 0 Å². The lowest BCUT2D eigenvalue weighted by atomic mass is 9.64. The summed E-state index contributed by atoms with van der Waals surface area (Å²) in [4.78, 5) is 11.2. The molecule has 0 saturated heterocycles. The number of aliphatic carboxylic acids is 1. The van der Waals surface area contributed by atoms with Gasteiger partial charge in [-0.1, -0.05) is 6.42 Å². The molecular formula is C13H15FO5S. The van der Waals surface area contributed by atoms with Crippen molar-refractivity contribution < 1.29 is 27.4 Å². The third kappa shape index (κ3) is 2.15. The molecule has 0 aromatic heterocycles.